The van der Waals surface area contributed by atoms with Crippen LogP contribution in [0.4, 0.5) is 15.8 Å². The number of nitrogens with one attached hydrogen (secondary N) is 5. The zero-order valence-corrected chi connectivity index (χ0v) is 18.0. The summed E-state index contributed by atoms with van der Waals surface area (Å²) in [7, 11) is 0. The first-order chi connectivity index (χ1) is 16.0. The molecule has 0 radical (unpaired) electrons. The maximum Gasteiger partial charge on any atom is 0.252 e. The predicted octanol–water partition coefficient (Wildman–Crippen LogP) is 3.11. The Morgan fingerprint density at radius 3 is 2.61 bits per heavy atom. The van der Waals surface area contributed by atoms with Crippen LogP contribution in [0.1, 0.15) is 53.1 Å². The normalized spacial score (nSPS) is 17.9. The Hall–Kier alpha value is -3.93. The molecule has 1 heterocycles. The molecule has 2 saturated carbocycles. The first-order valence-electron chi connectivity index (χ1n) is 11.1. The van der Waals surface area contributed by atoms with Crippen LogP contribution in [-0.2, 0) is 0 Å². The number of halogens is 1. The van der Waals surface area contributed by atoms with Crippen LogP contribution in [0.15, 0.2) is 41.4 Å². The Morgan fingerprint density at radius 1 is 1.18 bits per heavy atom. The lowest BCUT2D eigenvalue weighted by molar-refractivity contribution is 0.0941. The standard InChI is InChI=1S/C24H24FN7O/c25-19-12-16(21(27)31-23-28-8-9-29-23)11-18(14-4-5-14)20(19)30-17-3-1-2-15(10-17)22(33)32-24(13-26)6-7-24/h1-3,10-12,14,30H,4-9H2,(H,32,33)(H3,27,28,29,31). The number of anilines is 2. The van der Waals surface area contributed by atoms with Gasteiger partial charge in [-0.15, -0.1) is 0 Å². The summed E-state index contributed by atoms with van der Waals surface area (Å²) in [6, 6.07) is 12.1. The summed E-state index contributed by atoms with van der Waals surface area (Å²) in [6.07, 6.45) is 3.23. The fourth-order valence-electron chi connectivity index (χ4n) is 3.85. The molecule has 0 atom stereocenters. The van der Waals surface area contributed by atoms with E-state index in [1.165, 1.54) is 6.07 Å². The molecule has 1 saturated heterocycles. The number of carbonyl (C=O) groups is 1. The maximum absolute atomic E-state index is 15.2. The molecule has 0 aromatic heterocycles. The van der Waals surface area contributed by atoms with Gasteiger partial charge in [0, 0.05) is 29.9 Å². The van der Waals surface area contributed by atoms with Gasteiger partial charge in [-0.3, -0.25) is 10.2 Å². The molecule has 2 aromatic rings. The van der Waals surface area contributed by atoms with Gasteiger partial charge >= 0.3 is 0 Å². The summed E-state index contributed by atoms with van der Waals surface area (Å²) in [5.41, 5.74) is 1.81. The highest BCUT2D eigenvalue weighted by molar-refractivity contribution is 6.05. The lowest BCUT2D eigenvalue weighted by Crippen LogP contribution is -2.35. The van der Waals surface area contributed by atoms with Crippen molar-refractivity contribution in [1.82, 2.24) is 16.0 Å². The smallest absolute Gasteiger partial charge is 0.252 e. The van der Waals surface area contributed by atoms with Crippen molar-refractivity contribution in [3.63, 3.8) is 0 Å². The van der Waals surface area contributed by atoms with Crippen LogP contribution in [0.25, 0.3) is 0 Å². The van der Waals surface area contributed by atoms with E-state index in [0.717, 1.165) is 31.5 Å². The molecular weight excluding hydrogens is 421 g/mol. The van der Waals surface area contributed by atoms with Gasteiger partial charge in [0.25, 0.3) is 5.91 Å². The largest absolute Gasteiger partial charge is 0.354 e. The van der Waals surface area contributed by atoms with Crippen molar-refractivity contribution in [2.75, 3.05) is 18.4 Å². The van der Waals surface area contributed by atoms with Crippen LogP contribution in [0.2, 0.25) is 0 Å². The zero-order valence-electron chi connectivity index (χ0n) is 18.0. The van der Waals surface area contributed by atoms with E-state index in [2.05, 4.69) is 32.3 Å². The molecule has 168 valence electrons. The topological polar surface area (TPSA) is 125 Å². The first kappa shape index (κ1) is 20.9. The van der Waals surface area contributed by atoms with E-state index in [0.29, 0.717) is 41.3 Å². The molecule has 33 heavy (non-hydrogen) atoms. The molecule has 3 aliphatic rings. The molecule has 8 nitrogen and oxygen atoms in total. The Morgan fingerprint density at radius 2 is 1.94 bits per heavy atom. The van der Waals surface area contributed by atoms with E-state index in [4.69, 9.17) is 5.41 Å². The van der Waals surface area contributed by atoms with Crippen LogP contribution in [0, 0.1) is 22.6 Å². The third kappa shape index (κ3) is 4.51. The highest BCUT2D eigenvalue weighted by Crippen LogP contribution is 2.45. The van der Waals surface area contributed by atoms with E-state index < -0.39 is 11.4 Å². The van der Waals surface area contributed by atoms with E-state index in [-0.39, 0.29) is 17.7 Å². The summed E-state index contributed by atoms with van der Waals surface area (Å²) >= 11 is 0. The van der Waals surface area contributed by atoms with Crippen LogP contribution in [0.5, 0.6) is 0 Å². The van der Waals surface area contributed by atoms with E-state index in [1.54, 1.807) is 24.3 Å². The van der Waals surface area contributed by atoms with Gasteiger partial charge in [-0.25, -0.2) is 4.39 Å². The van der Waals surface area contributed by atoms with Crippen molar-refractivity contribution in [2.45, 2.75) is 37.1 Å². The molecule has 0 bridgehead atoms. The number of benzene rings is 2. The molecule has 1 aliphatic heterocycles. The third-order valence-electron chi connectivity index (χ3n) is 6.06. The Bertz CT molecular complexity index is 1200. The predicted molar refractivity (Wildman–Crippen MR) is 123 cm³/mol. The highest BCUT2D eigenvalue weighted by Gasteiger charge is 2.44. The van der Waals surface area contributed by atoms with Gasteiger partial charge in [-0.05, 0) is 67.5 Å². The third-order valence-corrected chi connectivity index (χ3v) is 6.06. The average Bonchev–Trinajstić information content (AvgIpc) is 3.74. The second-order valence-electron chi connectivity index (χ2n) is 8.71. The van der Waals surface area contributed by atoms with Gasteiger partial charge < -0.3 is 21.3 Å². The minimum atomic E-state index is -0.751. The number of amidine groups is 1. The minimum Gasteiger partial charge on any atom is -0.354 e. The minimum absolute atomic E-state index is 0.00980. The zero-order chi connectivity index (χ0) is 23.0. The number of guanidine groups is 1. The maximum atomic E-state index is 15.2. The summed E-state index contributed by atoms with van der Waals surface area (Å²) in [5, 5.41) is 29.5. The number of rotatable bonds is 6. The monoisotopic (exact) mass is 445 g/mol. The average molecular weight is 446 g/mol. The van der Waals surface area contributed by atoms with Gasteiger partial charge in [0.1, 0.15) is 11.4 Å². The van der Waals surface area contributed by atoms with Crippen LogP contribution >= 0.6 is 0 Å². The molecule has 0 unspecified atom stereocenters. The summed E-state index contributed by atoms with van der Waals surface area (Å²) in [6.45, 7) is 1.48. The Labute approximate surface area is 190 Å². The molecule has 9 heteroatoms. The van der Waals surface area contributed by atoms with Crippen LogP contribution in [0.3, 0.4) is 0 Å². The van der Waals surface area contributed by atoms with Crippen molar-refractivity contribution in [3.8, 4) is 6.07 Å². The van der Waals surface area contributed by atoms with Gasteiger partial charge in [0.2, 0.25) is 0 Å². The summed E-state index contributed by atoms with van der Waals surface area (Å²) in [5.74, 6) is -0.0537. The fraction of sp³-hybridized carbons (Fsp3) is 0.333. The fourth-order valence-corrected chi connectivity index (χ4v) is 3.85. The molecule has 5 N–H and O–H groups in total. The van der Waals surface area contributed by atoms with Gasteiger partial charge in [0.05, 0.1) is 11.8 Å². The lowest BCUT2D eigenvalue weighted by atomic mass is 10.0. The molecule has 3 fully saturated rings. The van der Waals surface area contributed by atoms with E-state index in [1.807, 2.05) is 6.07 Å². The summed E-state index contributed by atoms with van der Waals surface area (Å²) < 4.78 is 15.2. The van der Waals surface area contributed by atoms with Crippen LogP contribution in [-0.4, -0.2) is 36.3 Å². The van der Waals surface area contributed by atoms with Crippen molar-refractivity contribution in [1.29, 1.82) is 10.7 Å². The number of amides is 1. The Kier molecular flexibility index (Phi) is 5.21. The first-order valence-corrected chi connectivity index (χ1v) is 11.1. The van der Waals surface area contributed by atoms with Crippen LogP contribution < -0.4 is 21.3 Å². The number of hydrogen-bond donors (Lipinski definition) is 5. The van der Waals surface area contributed by atoms with E-state index in [9.17, 15) is 10.1 Å². The van der Waals surface area contributed by atoms with Gasteiger partial charge in [-0.1, -0.05) is 6.07 Å². The highest BCUT2D eigenvalue weighted by atomic mass is 19.1. The van der Waals surface area contributed by atoms with Crippen molar-refractivity contribution >= 4 is 29.1 Å². The van der Waals surface area contributed by atoms with Gasteiger partial charge in [0.15, 0.2) is 11.8 Å². The molecule has 2 aliphatic carbocycles. The van der Waals surface area contributed by atoms with E-state index >= 15 is 4.39 Å². The molecule has 5 rings (SSSR count). The molecule has 0 spiro atoms. The lowest BCUT2D eigenvalue weighted by Gasteiger charge is -2.16. The second kappa shape index (κ2) is 8.20. The number of nitrogens with zero attached hydrogens (tertiary/aromatic N) is 2. The summed E-state index contributed by atoms with van der Waals surface area (Å²) in [4.78, 5) is 16.8. The number of carbonyl (C=O) groups excluding carboxylic acids is 1. The van der Waals surface area contributed by atoms with Gasteiger partial charge in [-0.2, -0.15) is 10.3 Å². The second-order valence-corrected chi connectivity index (χ2v) is 8.71. The van der Waals surface area contributed by atoms with Crippen molar-refractivity contribution in [2.24, 2.45) is 4.99 Å². The number of aliphatic imine (C=N–C) groups is 1. The number of hydrogen-bond acceptors (Lipinski definition) is 4. The van der Waals surface area contributed by atoms with Crippen molar-refractivity contribution in [3.05, 3.63) is 58.9 Å². The quantitative estimate of drug-likeness (QED) is 0.345. The SMILES string of the molecule is N#CC1(NC(=O)c2cccc(Nc3c(F)cc(C(=N)N=C4NCCN4)cc3C3CC3)c2)CC1. The molecule has 1 amide bonds. The number of nitriles is 1. The molecule has 2 aromatic carbocycles. The molecular formula is C24H24FN7O. The Balaban J connectivity index is 1.39. The van der Waals surface area contributed by atoms with Crippen molar-refractivity contribution < 1.29 is 9.18 Å².